The zero-order valence-electron chi connectivity index (χ0n) is 12.1. The van der Waals surface area contributed by atoms with E-state index in [4.69, 9.17) is 12.2 Å². The molecule has 0 spiro atoms. The number of nitrogens with one attached hydrogen (secondary N) is 1. The van der Waals surface area contributed by atoms with Crippen LogP contribution in [0.5, 0.6) is 0 Å². The standard InChI is InChI=1S/C17H15N3OS/c1-12-15(16(22)18-13-8-4-2-5-9-13)17(21)20(19-12)14-10-6-3-7-11-14/h2-11,15H,1H3,(H,18,22). The average molecular weight is 309 g/mol. The number of hydrogen-bond donors (Lipinski definition) is 1. The average Bonchev–Trinajstić information content (AvgIpc) is 2.84. The zero-order valence-corrected chi connectivity index (χ0v) is 12.9. The number of hydrogen-bond acceptors (Lipinski definition) is 3. The monoisotopic (exact) mass is 309 g/mol. The van der Waals surface area contributed by atoms with Gasteiger partial charge in [-0.05, 0) is 31.2 Å². The van der Waals surface area contributed by atoms with Gasteiger partial charge in [-0.2, -0.15) is 10.1 Å². The molecule has 4 nitrogen and oxygen atoms in total. The van der Waals surface area contributed by atoms with Crippen molar-refractivity contribution in [1.29, 1.82) is 0 Å². The Hall–Kier alpha value is -2.53. The van der Waals surface area contributed by atoms with Gasteiger partial charge in [-0.25, -0.2) is 0 Å². The van der Waals surface area contributed by atoms with E-state index >= 15 is 0 Å². The second-order valence-corrected chi connectivity index (χ2v) is 5.46. The first kappa shape index (κ1) is 14.4. The van der Waals surface area contributed by atoms with Crippen molar-refractivity contribution in [2.24, 2.45) is 11.0 Å². The SMILES string of the molecule is CC1=NN(c2ccccc2)C(=O)C1C(=S)Nc1ccccc1. The zero-order chi connectivity index (χ0) is 15.5. The molecule has 1 unspecified atom stereocenters. The third kappa shape index (κ3) is 2.76. The number of thiocarbonyl (C=S) groups is 1. The predicted molar refractivity (Wildman–Crippen MR) is 93.2 cm³/mol. The van der Waals surface area contributed by atoms with Gasteiger partial charge in [0, 0.05) is 5.69 Å². The van der Waals surface area contributed by atoms with Gasteiger partial charge in [0.25, 0.3) is 5.91 Å². The van der Waals surface area contributed by atoms with Crippen LogP contribution in [0.4, 0.5) is 11.4 Å². The summed E-state index contributed by atoms with van der Waals surface area (Å²) in [6.45, 7) is 1.82. The molecule has 5 heteroatoms. The van der Waals surface area contributed by atoms with Crippen molar-refractivity contribution in [1.82, 2.24) is 0 Å². The van der Waals surface area contributed by atoms with E-state index in [1.54, 1.807) is 0 Å². The molecule has 1 N–H and O–H groups in total. The summed E-state index contributed by atoms with van der Waals surface area (Å²) in [6.07, 6.45) is 0. The molecule has 0 bridgehead atoms. The van der Waals surface area contributed by atoms with Crippen LogP contribution in [0.2, 0.25) is 0 Å². The van der Waals surface area contributed by atoms with E-state index < -0.39 is 5.92 Å². The highest BCUT2D eigenvalue weighted by Gasteiger charge is 2.37. The Morgan fingerprint density at radius 1 is 1.09 bits per heavy atom. The normalized spacial score (nSPS) is 17.3. The summed E-state index contributed by atoms with van der Waals surface area (Å²) < 4.78 is 0. The number of para-hydroxylation sites is 2. The maximum Gasteiger partial charge on any atom is 0.263 e. The van der Waals surface area contributed by atoms with Crippen molar-refractivity contribution in [2.75, 3.05) is 10.3 Å². The fraction of sp³-hybridized carbons (Fsp3) is 0.118. The smallest absolute Gasteiger partial charge is 0.263 e. The van der Waals surface area contributed by atoms with Crippen LogP contribution in [-0.4, -0.2) is 16.6 Å². The van der Waals surface area contributed by atoms with Gasteiger partial charge in [0.2, 0.25) is 0 Å². The van der Waals surface area contributed by atoms with Crippen molar-refractivity contribution in [2.45, 2.75) is 6.92 Å². The lowest BCUT2D eigenvalue weighted by molar-refractivity contribution is -0.118. The molecule has 1 atom stereocenters. The topological polar surface area (TPSA) is 44.7 Å². The van der Waals surface area contributed by atoms with Crippen LogP contribution in [-0.2, 0) is 4.79 Å². The molecular formula is C17H15N3OS. The van der Waals surface area contributed by atoms with Gasteiger partial charge in [-0.3, -0.25) is 4.79 Å². The Labute approximate surface area is 134 Å². The van der Waals surface area contributed by atoms with E-state index in [0.717, 1.165) is 11.4 Å². The number of benzene rings is 2. The lowest BCUT2D eigenvalue weighted by Crippen LogP contribution is -2.35. The number of amides is 1. The van der Waals surface area contributed by atoms with E-state index in [2.05, 4.69) is 10.4 Å². The largest absolute Gasteiger partial charge is 0.349 e. The molecule has 0 saturated carbocycles. The molecule has 0 fully saturated rings. The lowest BCUT2D eigenvalue weighted by Gasteiger charge is -2.16. The molecule has 1 aliphatic rings. The second kappa shape index (κ2) is 6.07. The summed E-state index contributed by atoms with van der Waals surface area (Å²) >= 11 is 5.41. The molecule has 1 aliphatic heterocycles. The maximum atomic E-state index is 12.6. The molecule has 110 valence electrons. The Morgan fingerprint density at radius 3 is 2.32 bits per heavy atom. The minimum Gasteiger partial charge on any atom is -0.349 e. The third-order valence-electron chi connectivity index (χ3n) is 3.44. The first-order chi connectivity index (χ1) is 10.7. The molecule has 1 amide bonds. The van der Waals surface area contributed by atoms with E-state index in [1.165, 1.54) is 5.01 Å². The molecule has 2 aromatic carbocycles. The minimum atomic E-state index is -0.518. The van der Waals surface area contributed by atoms with Crippen LogP contribution in [0, 0.1) is 5.92 Å². The number of hydrazone groups is 1. The minimum absolute atomic E-state index is 0.128. The highest BCUT2D eigenvalue weighted by atomic mass is 32.1. The van der Waals surface area contributed by atoms with Crippen LogP contribution in [0.3, 0.4) is 0 Å². The molecule has 0 radical (unpaired) electrons. The summed E-state index contributed by atoms with van der Waals surface area (Å²) in [7, 11) is 0. The Bertz CT molecular complexity index is 728. The van der Waals surface area contributed by atoms with Gasteiger partial charge >= 0.3 is 0 Å². The van der Waals surface area contributed by atoms with Crippen molar-refractivity contribution in [3.63, 3.8) is 0 Å². The quantitative estimate of drug-likeness (QED) is 0.883. The molecule has 0 saturated heterocycles. The first-order valence-corrected chi connectivity index (χ1v) is 7.37. The van der Waals surface area contributed by atoms with Gasteiger partial charge in [0.15, 0.2) is 0 Å². The number of carbonyl (C=O) groups is 1. The van der Waals surface area contributed by atoms with E-state index in [1.807, 2.05) is 67.6 Å². The summed E-state index contributed by atoms with van der Waals surface area (Å²) in [6, 6.07) is 18.9. The molecule has 3 rings (SSSR count). The Morgan fingerprint density at radius 2 is 1.68 bits per heavy atom. The number of nitrogens with zero attached hydrogens (tertiary/aromatic N) is 2. The van der Waals surface area contributed by atoms with Crippen LogP contribution in [0.1, 0.15) is 6.92 Å². The van der Waals surface area contributed by atoms with Crippen molar-refractivity contribution in [3.05, 3.63) is 60.7 Å². The van der Waals surface area contributed by atoms with Gasteiger partial charge in [0.1, 0.15) is 5.92 Å². The van der Waals surface area contributed by atoms with Gasteiger partial charge in [-0.15, -0.1) is 0 Å². The fourth-order valence-electron chi connectivity index (χ4n) is 2.36. The number of rotatable bonds is 3. The van der Waals surface area contributed by atoms with E-state index in [0.29, 0.717) is 10.7 Å². The lowest BCUT2D eigenvalue weighted by atomic mass is 10.0. The van der Waals surface area contributed by atoms with Crippen molar-refractivity contribution < 1.29 is 4.79 Å². The Balaban J connectivity index is 1.80. The molecule has 2 aromatic rings. The van der Waals surface area contributed by atoms with E-state index in [-0.39, 0.29) is 5.91 Å². The molecule has 1 heterocycles. The van der Waals surface area contributed by atoms with Crippen LogP contribution < -0.4 is 10.3 Å². The highest BCUT2D eigenvalue weighted by Crippen LogP contribution is 2.25. The van der Waals surface area contributed by atoms with Gasteiger partial charge in [0.05, 0.1) is 16.4 Å². The van der Waals surface area contributed by atoms with Gasteiger partial charge in [-0.1, -0.05) is 48.6 Å². The van der Waals surface area contributed by atoms with Crippen molar-refractivity contribution in [3.8, 4) is 0 Å². The van der Waals surface area contributed by atoms with Crippen LogP contribution in [0.25, 0.3) is 0 Å². The molecule has 22 heavy (non-hydrogen) atoms. The first-order valence-electron chi connectivity index (χ1n) is 6.97. The summed E-state index contributed by atoms with van der Waals surface area (Å²) in [5, 5.41) is 8.89. The summed E-state index contributed by atoms with van der Waals surface area (Å²) in [4.78, 5) is 13.1. The molecule has 0 aromatic heterocycles. The molecular weight excluding hydrogens is 294 g/mol. The van der Waals surface area contributed by atoms with Gasteiger partial charge < -0.3 is 5.32 Å². The summed E-state index contributed by atoms with van der Waals surface area (Å²) in [5.74, 6) is -0.646. The third-order valence-corrected chi connectivity index (χ3v) is 3.77. The van der Waals surface area contributed by atoms with Crippen LogP contribution >= 0.6 is 12.2 Å². The number of anilines is 2. The van der Waals surface area contributed by atoms with E-state index in [9.17, 15) is 4.79 Å². The fourth-order valence-corrected chi connectivity index (χ4v) is 2.75. The highest BCUT2D eigenvalue weighted by molar-refractivity contribution is 7.80. The van der Waals surface area contributed by atoms with Crippen molar-refractivity contribution >= 4 is 40.2 Å². The summed E-state index contributed by atoms with van der Waals surface area (Å²) in [5.41, 5.74) is 2.31. The number of carbonyl (C=O) groups excluding carboxylic acids is 1. The Kier molecular flexibility index (Phi) is 3.98. The molecule has 0 aliphatic carbocycles. The predicted octanol–water partition coefficient (Wildman–Crippen LogP) is 3.46. The maximum absolute atomic E-state index is 12.6. The van der Waals surface area contributed by atoms with Crippen LogP contribution in [0.15, 0.2) is 65.8 Å². The second-order valence-electron chi connectivity index (χ2n) is 5.02.